The van der Waals surface area contributed by atoms with Crippen LogP contribution < -0.4 is 10.2 Å². The van der Waals surface area contributed by atoms with Crippen LogP contribution in [0.4, 0.5) is 8.78 Å². The summed E-state index contributed by atoms with van der Waals surface area (Å²) in [5.74, 6) is -1.92. The fraction of sp³-hybridized carbons (Fsp3) is 0.276. The molecule has 0 fully saturated rings. The molecule has 11 heteroatoms. The molecule has 2 aromatic heterocycles. The van der Waals surface area contributed by atoms with Gasteiger partial charge in [-0.15, -0.1) is 0 Å². The SMILES string of the molecule is COCCN1CCn2c(CO)c(-c3cnn(Cc4ccc(F)cc4F)c3)c(=O)c(OCc3ccccc3)c2C1=O. The highest BCUT2D eigenvalue weighted by atomic mass is 19.1. The number of aliphatic hydroxyl groups excluding tert-OH is 1. The highest BCUT2D eigenvalue weighted by molar-refractivity contribution is 5.97. The van der Waals surface area contributed by atoms with E-state index >= 15 is 0 Å². The Morgan fingerprint density at radius 3 is 2.60 bits per heavy atom. The number of carbonyl (C=O) groups excluding carboxylic acids is 1. The first-order valence-corrected chi connectivity index (χ1v) is 12.7. The number of hydrogen-bond acceptors (Lipinski definition) is 6. The Kier molecular flexibility index (Phi) is 8.04. The summed E-state index contributed by atoms with van der Waals surface area (Å²) in [5.41, 5.74) is 1.28. The topological polar surface area (TPSA) is 98.8 Å². The molecule has 0 aliphatic carbocycles. The zero-order valence-corrected chi connectivity index (χ0v) is 21.8. The molecule has 1 amide bonds. The highest BCUT2D eigenvalue weighted by Gasteiger charge is 2.33. The lowest BCUT2D eigenvalue weighted by atomic mass is 10.0. The number of aromatic nitrogens is 3. The molecular weight excluding hydrogens is 522 g/mol. The smallest absolute Gasteiger partial charge is 0.274 e. The van der Waals surface area contributed by atoms with Crippen molar-refractivity contribution in [2.75, 3.05) is 26.8 Å². The van der Waals surface area contributed by atoms with E-state index in [1.54, 1.807) is 22.8 Å². The van der Waals surface area contributed by atoms with Gasteiger partial charge in [-0.1, -0.05) is 36.4 Å². The monoisotopic (exact) mass is 550 g/mol. The van der Waals surface area contributed by atoms with Crippen molar-refractivity contribution in [2.24, 2.45) is 0 Å². The van der Waals surface area contributed by atoms with E-state index in [1.165, 1.54) is 16.9 Å². The summed E-state index contributed by atoms with van der Waals surface area (Å²) in [6, 6.07) is 12.5. The third kappa shape index (κ3) is 5.38. The van der Waals surface area contributed by atoms with Gasteiger partial charge in [-0.3, -0.25) is 14.3 Å². The molecular formula is C29H28F2N4O5. The second-order valence-electron chi connectivity index (χ2n) is 9.36. The van der Waals surface area contributed by atoms with Crippen molar-refractivity contribution in [3.63, 3.8) is 0 Å². The van der Waals surface area contributed by atoms with Crippen LogP contribution in [0.25, 0.3) is 11.1 Å². The average molecular weight is 551 g/mol. The molecule has 2 aromatic carbocycles. The summed E-state index contributed by atoms with van der Waals surface area (Å²) in [6.07, 6.45) is 2.98. The van der Waals surface area contributed by atoms with Crippen LogP contribution in [0.3, 0.4) is 0 Å². The maximum atomic E-state index is 14.2. The molecule has 208 valence electrons. The summed E-state index contributed by atoms with van der Waals surface area (Å²) < 4.78 is 41.8. The Morgan fingerprint density at radius 2 is 1.88 bits per heavy atom. The molecule has 3 heterocycles. The van der Waals surface area contributed by atoms with E-state index in [0.29, 0.717) is 31.8 Å². The maximum absolute atomic E-state index is 14.2. The van der Waals surface area contributed by atoms with Gasteiger partial charge >= 0.3 is 0 Å². The number of amides is 1. The van der Waals surface area contributed by atoms with Gasteiger partial charge in [-0.2, -0.15) is 5.10 Å². The number of pyridine rings is 1. The largest absolute Gasteiger partial charge is 0.483 e. The zero-order valence-electron chi connectivity index (χ0n) is 21.8. The maximum Gasteiger partial charge on any atom is 0.274 e. The first-order valence-electron chi connectivity index (χ1n) is 12.7. The number of ether oxygens (including phenoxy) is 2. The number of rotatable bonds is 10. The Bertz CT molecular complexity index is 1590. The van der Waals surface area contributed by atoms with E-state index in [0.717, 1.165) is 17.7 Å². The van der Waals surface area contributed by atoms with Crippen molar-refractivity contribution in [1.82, 2.24) is 19.2 Å². The molecule has 1 N–H and O–H groups in total. The van der Waals surface area contributed by atoms with Crippen LogP contribution in [0.1, 0.15) is 27.3 Å². The molecule has 0 spiro atoms. The molecule has 0 bridgehead atoms. The molecule has 40 heavy (non-hydrogen) atoms. The molecule has 1 aliphatic rings. The number of fused-ring (bicyclic) bond motifs is 1. The molecule has 9 nitrogen and oxygen atoms in total. The van der Waals surface area contributed by atoms with Gasteiger partial charge in [0.2, 0.25) is 5.43 Å². The number of hydrogen-bond donors (Lipinski definition) is 1. The number of benzene rings is 2. The Hall–Kier alpha value is -4.35. The molecule has 0 radical (unpaired) electrons. The summed E-state index contributed by atoms with van der Waals surface area (Å²) >= 11 is 0. The van der Waals surface area contributed by atoms with Gasteiger partial charge in [-0.05, 0) is 11.6 Å². The van der Waals surface area contributed by atoms with Gasteiger partial charge in [0, 0.05) is 50.1 Å². The minimum absolute atomic E-state index is 0.00282. The van der Waals surface area contributed by atoms with E-state index in [-0.39, 0.29) is 41.4 Å². The van der Waals surface area contributed by atoms with Gasteiger partial charge in [0.05, 0.1) is 37.2 Å². The van der Waals surface area contributed by atoms with Crippen LogP contribution in [0.15, 0.2) is 65.7 Å². The zero-order chi connectivity index (χ0) is 28.2. The van der Waals surface area contributed by atoms with Gasteiger partial charge in [-0.25, -0.2) is 8.78 Å². The van der Waals surface area contributed by atoms with Crippen molar-refractivity contribution in [3.8, 4) is 16.9 Å². The average Bonchev–Trinajstić information content (AvgIpc) is 3.41. The molecule has 4 aromatic rings. The van der Waals surface area contributed by atoms with E-state index in [9.17, 15) is 23.5 Å². The Morgan fingerprint density at radius 1 is 1.07 bits per heavy atom. The summed E-state index contributed by atoms with van der Waals surface area (Å²) in [7, 11) is 1.54. The van der Waals surface area contributed by atoms with Crippen LogP contribution in [0, 0.1) is 11.6 Å². The van der Waals surface area contributed by atoms with Gasteiger partial charge in [0.1, 0.15) is 18.2 Å². The standard InChI is InChI=1S/C29H28F2N4O5/c1-39-12-11-33-9-10-35-24(17-36)25(21-14-32-34(16-21)15-20-7-8-22(30)13-23(20)31)27(37)28(26(35)29(33)38)40-18-19-5-3-2-4-6-19/h2-8,13-14,16,36H,9-12,15,17-18H2,1H3. The fourth-order valence-electron chi connectivity index (χ4n) is 4.82. The molecule has 0 unspecified atom stereocenters. The number of methoxy groups -OCH3 is 1. The fourth-order valence-corrected chi connectivity index (χ4v) is 4.82. The molecule has 0 saturated carbocycles. The van der Waals surface area contributed by atoms with Crippen LogP contribution in [0.2, 0.25) is 0 Å². The van der Waals surface area contributed by atoms with E-state index in [4.69, 9.17) is 9.47 Å². The lowest BCUT2D eigenvalue weighted by Gasteiger charge is -2.33. The lowest BCUT2D eigenvalue weighted by Crippen LogP contribution is -2.44. The van der Waals surface area contributed by atoms with Gasteiger partial charge in [0.25, 0.3) is 5.91 Å². The second kappa shape index (κ2) is 11.8. The van der Waals surface area contributed by atoms with Crippen molar-refractivity contribution in [2.45, 2.75) is 26.3 Å². The first-order chi connectivity index (χ1) is 19.4. The predicted octanol–water partition coefficient (Wildman–Crippen LogP) is 3.21. The van der Waals surface area contributed by atoms with Crippen molar-refractivity contribution < 1.29 is 28.2 Å². The number of aliphatic hydroxyl groups is 1. The van der Waals surface area contributed by atoms with E-state index in [1.807, 2.05) is 30.3 Å². The molecule has 1 aliphatic heterocycles. The van der Waals surface area contributed by atoms with Crippen LogP contribution in [-0.2, 0) is 31.0 Å². The second-order valence-corrected chi connectivity index (χ2v) is 9.36. The van der Waals surface area contributed by atoms with Crippen LogP contribution in [-0.4, -0.2) is 57.1 Å². The minimum atomic E-state index is -0.713. The van der Waals surface area contributed by atoms with E-state index in [2.05, 4.69) is 5.10 Å². The number of nitrogens with zero attached hydrogens (tertiary/aromatic N) is 4. The molecule has 0 atom stereocenters. The quantitative estimate of drug-likeness (QED) is 0.326. The van der Waals surface area contributed by atoms with Crippen LogP contribution in [0.5, 0.6) is 5.75 Å². The van der Waals surface area contributed by atoms with Gasteiger partial charge < -0.3 is 24.0 Å². The number of carbonyl (C=O) groups is 1. The lowest BCUT2D eigenvalue weighted by molar-refractivity contribution is 0.0626. The predicted molar refractivity (Wildman–Crippen MR) is 142 cm³/mol. The minimum Gasteiger partial charge on any atom is -0.483 e. The Labute approximate surface area is 228 Å². The third-order valence-corrected chi connectivity index (χ3v) is 6.83. The summed E-state index contributed by atoms with van der Waals surface area (Å²) in [6.45, 7) is 0.877. The Balaban J connectivity index is 1.59. The summed E-state index contributed by atoms with van der Waals surface area (Å²) in [4.78, 5) is 29.1. The van der Waals surface area contributed by atoms with Crippen molar-refractivity contribution >= 4 is 5.91 Å². The first kappa shape index (κ1) is 27.2. The number of halogens is 2. The van der Waals surface area contributed by atoms with E-state index < -0.39 is 29.6 Å². The summed E-state index contributed by atoms with van der Waals surface area (Å²) in [5, 5.41) is 14.7. The normalized spacial score (nSPS) is 13.0. The van der Waals surface area contributed by atoms with Crippen LogP contribution >= 0.6 is 0 Å². The third-order valence-electron chi connectivity index (χ3n) is 6.83. The molecule has 5 rings (SSSR count). The highest BCUT2D eigenvalue weighted by Crippen LogP contribution is 2.30. The van der Waals surface area contributed by atoms with Gasteiger partial charge in [0.15, 0.2) is 11.4 Å². The molecule has 0 saturated heterocycles. The van der Waals surface area contributed by atoms with Crippen molar-refractivity contribution in [1.29, 1.82) is 0 Å². The van der Waals surface area contributed by atoms with Crippen molar-refractivity contribution in [3.05, 3.63) is 105 Å².